The molecule has 2 N–H and O–H groups in total. The van der Waals surface area contributed by atoms with E-state index >= 15 is 0 Å². The highest BCUT2D eigenvalue weighted by atomic mass is 16.5. The zero-order valence-electron chi connectivity index (χ0n) is 10.9. The van der Waals surface area contributed by atoms with Crippen LogP contribution in [0.25, 0.3) is 0 Å². The number of nitrogens with one attached hydrogen (secondary N) is 2. The van der Waals surface area contributed by atoms with Crippen LogP contribution in [0, 0.1) is 0 Å². The van der Waals surface area contributed by atoms with Gasteiger partial charge in [0.1, 0.15) is 5.75 Å². The van der Waals surface area contributed by atoms with Gasteiger partial charge in [0.15, 0.2) is 6.61 Å². The molecule has 0 unspecified atom stereocenters. The fourth-order valence-electron chi connectivity index (χ4n) is 1.27. The standard InChI is InChI=1S/C14H18N2O3/c1-3-9-15-14(18)10-19-12-7-5-11(6-8-12)16-13(17)4-2/h3,5-8H,1,4,9-10H2,2H3,(H,15,18)(H,16,17). The quantitative estimate of drug-likeness (QED) is 0.735. The number of carbonyl (C=O) groups is 2. The van der Waals surface area contributed by atoms with E-state index in [1.807, 2.05) is 0 Å². The van der Waals surface area contributed by atoms with Crippen molar-refractivity contribution >= 4 is 17.5 Å². The average Bonchev–Trinajstić information content (AvgIpc) is 2.44. The van der Waals surface area contributed by atoms with Crippen molar-refractivity contribution in [1.29, 1.82) is 0 Å². The Labute approximate surface area is 112 Å². The lowest BCUT2D eigenvalue weighted by molar-refractivity contribution is -0.122. The molecule has 0 fully saturated rings. The van der Waals surface area contributed by atoms with Crippen LogP contribution in [0.3, 0.4) is 0 Å². The Bertz CT molecular complexity index is 441. The number of anilines is 1. The van der Waals surface area contributed by atoms with Gasteiger partial charge in [-0.05, 0) is 24.3 Å². The lowest BCUT2D eigenvalue weighted by Gasteiger charge is -2.07. The third-order valence-electron chi connectivity index (χ3n) is 2.27. The molecule has 5 nitrogen and oxygen atoms in total. The summed E-state index contributed by atoms with van der Waals surface area (Å²) in [6, 6.07) is 6.85. The van der Waals surface area contributed by atoms with Crippen LogP contribution in [-0.4, -0.2) is 25.0 Å². The molecule has 5 heteroatoms. The van der Waals surface area contributed by atoms with Gasteiger partial charge in [0.05, 0.1) is 0 Å². The molecule has 1 aromatic rings. The molecule has 1 rings (SSSR count). The van der Waals surface area contributed by atoms with Gasteiger partial charge in [-0.1, -0.05) is 13.0 Å². The SMILES string of the molecule is C=CCNC(=O)COc1ccc(NC(=O)CC)cc1. The summed E-state index contributed by atoms with van der Waals surface area (Å²) < 4.78 is 5.29. The molecule has 0 atom stereocenters. The Kier molecular flexibility index (Phi) is 6.15. The molecule has 0 heterocycles. The van der Waals surface area contributed by atoms with Crippen LogP contribution >= 0.6 is 0 Å². The highest BCUT2D eigenvalue weighted by Crippen LogP contribution is 2.15. The zero-order chi connectivity index (χ0) is 14.1. The van der Waals surface area contributed by atoms with Crippen molar-refractivity contribution in [3.8, 4) is 5.75 Å². The molecule has 1 aromatic carbocycles. The monoisotopic (exact) mass is 262 g/mol. The Morgan fingerprint density at radius 2 is 1.95 bits per heavy atom. The second-order valence-electron chi connectivity index (χ2n) is 3.81. The third-order valence-corrected chi connectivity index (χ3v) is 2.27. The summed E-state index contributed by atoms with van der Waals surface area (Å²) in [6.45, 7) is 5.66. The van der Waals surface area contributed by atoms with Gasteiger partial charge < -0.3 is 15.4 Å². The summed E-state index contributed by atoms with van der Waals surface area (Å²) in [5.74, 6) is 0.323. The number of hydrogen-bond acceptors (Lipinski definition) is 3. The summed E-state index contributed by atoms with van der Waals surface area (Å²) in [4.78, 5) is 22.5. The molecule has 0 aliphatic carbocycles. The Hall–Kier alpha value is -2.30. The third kappa shape index (κ3) is 5.72. The number of ether oxygens (including phenoxy) is 1. The lowest BCUT2D eigenvalue weighted by Crippen LogP contribution is -2.28. The number of carbonyl (C=O) groups excluding carboxylic acids is 2. The van der Waals surface area contributed by atoms with E-state index in [9.17, 15) is 9.59 Å². The number of hydrogen-bond donors (Lipinski definition) is 2. The first-order valence-electron chi connectivity index (χ1n) is 6.06. The van der Waals surface area contributed by atoms with Gasteiger partial charge in [0, 0.05) is 18.7 Å². The fraction of sp³-hybridized carbons (Fsp3) is 0.286. The van der Waals surface area contributed by atoms with Crippen molar-refractivity contribution < 1.29 is 14.3 Å². The molecule has 0 bridgehead atoms. The van der Waals surface area contributed by atoms with Gasteiger partial charge in [0.25, 0.3) is 5.91 Å². The normalized spacial score (nSPS) is 9.53. The maximum atomic E-state index is 11.3. The second-order valence-corrected chi connectivity index (χ2v) is 3.81. The van der Waals surface area contributed by atoms with E-state index in [4.69, 9.17) is 4.74 Å². The van der Waals surface area contributed by atoms with E-state index in [1.165, 1.54) is 0 Å². The van der Waals surface area contributed by atoms with Gasteiger partial charge in [-0.3, -0.25) is 9.59 Å². The molecular weight excluding hydrogens is 244 g/mol. The number of rotatable bonds is 7. The molecule has 0 radical (unpaired) electrons. The van der Waals surface area contributed by atoms with Crippen LogP contribution in [-0.2, 0) is 9.59 Å². The molecule has 102 valence electrons. The summed E-state index contributed by atoms with van der Waals surface area (Å²) in [6.07, 6.45) is 2.03. The summed E-state index contributed by atoms with van der Waals surface area (Å²) >= 11 is 0. The first-order valence-corrected chi connectivity index (χ1v) is 6.06. The van der Waals surface area contributed by atoms with Gasteiger partial charge in [-0.15, -0.1) is 6.58 Å². The maximum absolute atomic E-state index is 11.3. The van der Waals surface area contributed by atoms with E-state index in [-0.39, 0.29) is 18.4 Å². The van der Waals surface area contributed by atoms with Crippen LogP contribution < -0.4 is 15.4 Å². The molecule has 2 amide bonds. The van der Waals surface area contributed by atoms with Gasteiger partial charge in [-0.2, -0.15) is 0 Å². The Morgan fingerprint density at radius 1 is 1.26 bits per heavy atom. The zero-order valence-corrected chi connectivity index (χ0v) is 10.9. The molecule has 0 spiro atoms. The van der Waals surface area contributed by atoms with Gasteiger partial charge in [-0.25, -0.2) is 0 Å². The van der Waals surface area contributed by atoms with E-state index in [2.05, 4.69) is 17.2 Å². The van der Waals surface area contributed by atoms with E-state index in [1.54, 1.807) is 37.3 Å². The molecule has 0 saturated heterocycles. The highest BCUT2D eigenvalue weighted by molar-refractivity contribution is 5.90. The topological polar surface area (TPSA) is 67.4 Å². The Morgan fingerprint density at radius 3 is 2.53 bits per heavy atom. The maximum Gasteiger partial charge on any atom is 0.258 e. The molecule has 19 heavy (non-hydrogen) atoms. The minimum atomic E-state index is -0.205. The lowest BCUT2D eigenvalue weighted by atomic mass is 10.3. The smallest absolute Gasteiger partial charge is 0.258 e. The average molecular weight is 262 g/mol. The molecule has 0 aliphatic rings. The second kappa shape index (κ2) is 7.92. The van der Waals surface area contributed by atoms with E-state index in [0.717, 1.165) is 0 Å². The number of amides is 2. The van der Waals surface area contributed by atoms with Crippen molar-refractivity contribution in [3.05, 3.63) is 36.9 Å². The minimum Gasteiger partial charge on any atom is -0.484 e. The van der Waals surface area contributed by atoms with Gasteiger partial charge in [0.2, 0.25) is 5.91 Å². The first-order chi connectivity index (χ1) is 9.15. The van der Waals surface area contributed by atoms with Crippen molar-refractivity contribution in [1.82, 2.24) is 5.32 Å². The highest BCUT2D eigenvalue weighted by Gasteiger charge is 2.02. The minimum absolute atomic E-state index is 0.0440. The predicted octanol–water partition coefficient (Wildman–Crippen LogP) is 1.72. The fourth-order valence-corrected chi connectivity index (χ4v) is 1.27. The van der Waals surface area contributed by atoms with Gasteiger partial charge >= 0.3 is 0 Å². The van der Waals surface area contributed by atoms with Crippen molar-refractivity contribution in [2.45, 2.75) is 13.3 Å². The summed E-state index contributed by atoms with van der Waals surface area (Å²) in [5, 5.41) is 5.34. The summed E-state index contributed by atoms with van der Waals surface area (Å²) in [7, 11) is 0. The molecular formula is C14H18N2O3. The van der Waals surface area contributed by atoms with Crippen molar-refractivity contribution in [2.75, 3.05) is 18.5 Å². The largest absolute Gasteiger partial charge is 0.484 e. The van der Waals surface area contributed by atoms with Crippen molar-refractivity contribution in [3.63, 3.8) is 0 Å². The first kappa shape index (κ1) is 14.8. The van der Waals surface area contributed by atoms with Crippen LogP contribution in [0.15, 0.2) is 36.9 Å². The number of benzene rings is 1. The molecule has 0 aliphatic heterocycles. The van der Waals surface area contributed by atoms with Crippen LogP contribution in [0.5, 0.6) is 5.75 Å². The molecule has 0 aromatic heterocycles. The predicted molar refractivity (Wildman–Crippen MR) is 74.1 cm³/mol. The van der Waals surface area contributed by atoms with Crippen molar-refractivity contribution in [2.24, 2.45) is 0 Å². The summed E-state index contributed by atoms with van der Waals surface area (Å²) in [5.41, 5.74) is 0.704. The Balaban J connectivity index is 2.41. The van der Waals surface area contributed by atoms with E-state index < -0.39 is 0 Å². The van der Waals surface area contributed by atoms with Crippen LogP contribution in [0.4, 0.5) is 5.69 Å². The van der Waals surface area contributed by atoms with Crippen LogP contribution in [0.1, 0.15) is 13.3 Å². The van der Waals surface area contributed by atoms with E-state index in [0.29, 0.717) is 24.4 Å². The molecule has 0 saturated carbocycles. The van der Waals surface area contributed by atoms with Crippen LogP contribution in [0.2, 0.25) is 0 Å².